The SMILES string of the molecule is COC1CN(Cc2cc(C#CCO)cs2)CCC1C. The first kappa shape index (κ1) is 14.5. The first-order chi connectivity index (χ1) is 9.22. The molecule has 1 aliphatic rings. The van der Waals surface area contributed by atoms with E-state index in [-0.39, 0.29) is 6.61 Å². The maximum absolute atomic E-state index is 8.68. The minimum absolute atomic E-state index is 0.0787. The summed E-state index contributed by atoms with van der Waals surface area (Å²) in [4.78, 5) is 3.77. The average Bonchev–Trinajstić information content (AvgIpc) is 2.86. The van der Waals surface area contributed by atoms with Gasteiger partial charge >= 0.3 is 0 Å². The third-order valence-electron chi connectivity index (χ3n) is 3.62. The summed E-state index contributed by atoms with van der Waals surface area (Å²) in [6.07, 6.45) is 1.54. The van der Waals surface area contributed by atoms with E-state index in [2.05, 4.69) is 35.1 Å². The van der Waals surface area contributed by atoms with Crippen LogP contribution in [0, 0.1) is 17.8 Å². The Hall–Kier alpha value is -0.860. The summed E-state index contributed by atoms with van der Waals surface area (Å²) in [5, 5.41) is 10.7. The molecule has 2 unspecified atom stereocenters. The Labute approximate surface area is 119 Å². The third-order valence-corrected chi connectivity index (χ3v) is 4.54. The van der Waals surface area contributed by atoms with Crippen molar-refractivity contribution in [2.24, 2.45) is 5.92 Å². The van der Waals surface area contributed by atoms with E-state index in [9.17, 15) is 0 Å². The Kier molecular flexibility index (Phi) is 5.41. The molecule has 2 atom stereocenters. The fourth-order valence-corrected chi connectivity index (χ4v) is 3.30. The van der Waals surface area contributed by atoms with Crippen LogP contribution >= 0.6 is 11.3 Å². The van der Waals surface area contributed by atoms with Crippen molar-refractivity contribution >= 4 is 11.3 Å². The summed E-state index contributed by atoms with van der Waals surface area (Å²) in [6.45, 7) is 5.30. The lowest BCUT2D eigenvalue weighted by Crippen LogP contribution is -2.43. The van der Waals surface area contributed by atoms with Crippen molar-refractivity contribution in [3.05, 3.63) is 21.9 Å². The summed E-state index contributed by atoms with van der Waals surface area (Å²) >= 11 is 1.74. The number of nitrogens with zero attached hydrogens (tertiary/aromatic N) is 1. The summed E-state index contributed by atoms with van der Waals surface area (Å²) in [6, 6.07) is 2.12. The van der Waals surface area contributed by atoms with Crippen molar-refractivity contribution in [2.45, 2.75) is 26.0 Å². The molecule has 3 nitrogen and oxygen atoms in total. The third kappa shape index (κ3) is 4.05. The van der Waals surface area contributed by atoms with Crippen LogP contribution in [0.15, 0.2) is 11.4 Å². The van der Waals surface area contributed by atoms with Gasteiger partial charge < -0.3 is 9.84 Å². The van der Waals surface area contributed by atoms with E-state index in [4.69, 9.17) is 9.84 Å². The number of methoxy groups -OCH3 is 1. The second kappa shape index (κ2) is 7.06. The van der Waals surface area contributed by atoms with Gasteiger partial charge in [0, 0.05) is 36.0 Å². The average molecular weight is 279 g/mol. The quantitative estimate of drug-likeness (QED) is 0.859. The largest absolute Gasteiger partial charge is 0.384 e. The van der Waals surface area contributed by atoms with Crippen LogP contribution in [0.4, 0.5) is 0 Å². The van der Waals surface area contributed by atoms with Crippen LogP contribution in [0.25, 0.3) is 0 Å². The molecule has 0 bridgehead atoms. The maximum Gasteiger partial charge on any atom is 0.104 e. The van der Waals surface area contributed by atoms with Gasteiger partial charge in [0.1, 0.15) is 6.61 Å². The lowest BCUT2D eigenvalue weighted by molar-refractivity contribution is -0.00716. The highest BCUT2D eigenvalue weighted by molar-refractivity contribution is 7.10. The Bertz CT molecular complexity index is 460. The summed E-state index contributed by atoms with van der Waals surface area (Å²) < 4.78 is 5.54. The smallest absolute Gasteiger partial charge is 0.104 e. The molecular formula is C15H21NO2S. The number of piperidine rings is 1. The predicted octanol–water partition coefficient (Wildman–Crippen LogP) is 1.95. The van der Waals surface area contributed by atoms with Crippen LogP contribution in [0.2, 0.25) is 0 Å². The highest BCUT2D eigenvalue weighted by atomic mass is 32.1. The number of thiophene rings is 1. The molecule has 0 radical (unpaired) electrons. The molecule has 1 fully saturated rings. The number of aliphatic hydroxyl groups is 1. The van der Waals surface area contributed by atoms with E-state index < -0.39 is 0 Å². The number of hydrogen-bond acceptors (Lipinski definition) is 4. The van der Waals surface area contributed by atoms with Crippen molar-refractivity contribution in [2.75, 3.05) is 26.8 Å². The second-order valence-electron chi connectivity index (χ2n) is 5.04. The summed E-state index contributed by atoms with van der Waals surface area (Å²) in [5.74, 6) is 6.28. The van der Waals surface area contributed by atoms with Crippen molar-refractivity contribution in [3.63, 3.8) is 0 Å². The molecule has 4 heteroatoms. The Morgan fingerprint density at radius 1 is 1.58 bits per heavy atom. The number of likely N-dealkylation sites (tertiary alicyclic amines) is 1. The zero-order valence-electron chi connectivity index (χ0n) is 11.6. The number of hydrogen-bond donors (Lipinski definition) is 1. The van der Waals surface area contributed by atoms with E-state index in [1.807, 2.05) is 0 Å². The zero-order chi connectivity index (χ0) is 13.7. The Morgan fingerprint density at radius 3 is 3.16 bits per heavy atom. The molecule has 0 aliphatic carbocycles. The first-order valence-electron chi connectivity index (χ1n) is 6.65. The van der Waals surface area contributed by atoms with Crippen LogP contribution in [0.3, 0.4) is 0 Å². The van der Waals surface area contributed by atoms with Crippen molar-refractivity contribution < 1.29 is 9.84 Å². The molecule has 1 saturated heterocycles. The molecule has 1 aliphatic heterocycles. The van der Waals surface area contributed by atoms with Crippen LogP contribution in [-0.4, -0.2) is 42.9 Å². The van der Waals surface area contributed by atoms with Crippen LogP contribution in [0.5, 0.6) is 0 Å². The van der Waals surface area contributed by atoms with E-state index >= 15 is 0 Å². The standard InChI is InChI=1S/C15H21NO2S/c1-12-5-6-16(10-15(12)18-2)9-14-8-13(11-19-14)4-3-7-17/h8,11-12,15,17H,5-7,9-10H2,1-2H3. The van der Waals surface area contributed by atoms with Crippen LogP contribution in [0.1, 0.15) is 23.8 Å². The normalized spacial score (nSPS) is 23.9. The van der Waals surface area contributed by atoms with Gasteiger partial charge in [0.2, 0.25) is 0 Å². The molecule has 1 aromatic heterocycles. The highest BCUT2D eigenvalue weighted by Gasteiger charge is 2.25. The van der Waals surface area contributed by atoms with Crippen LogP contribution in [-0.2, 0) is 11.3 Å². The zero-order valence-corrected chi connectivity index (χ0v) is 12.4. The first-order valence-corrected chi connectivity index (χ1v) is 7.53. The molecule has 0 spiro atoms. The fraction of sp³-hybridized carbons (Fsp3) is 0.600. The van der Waals surface area contributed by atoms with Gasteiger partial charge in [0.05, 0.1) is 6.10 Å². The molecule has 2 heterocycles. The lowest BCUT2D eigenvalue weighted by Gasteiger charge is -2.35. The summed E-state index contributed by atoms with van der Waals surface area (Å²) in [5.41, 5.74) is 1.00. The molecule has 0 aromatic carbocycles. The van der Waals surface area contributed by atoms with Crippen molar-refractivity contribution in [1.29, 1.82) is 0 Å². The number of aliphatic hydroxyl groups excluding tert-OH is 1. The van der Waals surface area contributed by atoms with E-state index in [1.54, 1.807) is 18.4 Å². The number of ether oxygens (including phenoxy) is 1. The van der Waals surface area contributed by atoms with Gasteiger partial charge in [-0.2, -0.15) is 0 Å². The monoisotopic (exact) mass is 279 g/mol. The van der Waals surface area contributed by atoms with Gasteiger partial charge in [-0.25, -0.2) is 0 Å². The molecule has 1 N–H and O–H groups in total. The molecule has 1 aromatic rings. The highest BCUT2D eigenvalue weighted by Crippen LogP contribution is 2.23. The minimum Gasteiger partial charge on any atom is -0.384 e. The van der Waals surface area contributed by atoms with E-state index in [1.165, 1.54) is 11.3 Å². The van der Waals surface area contributed by atoms with E-state index in [0.717, 1.165) is 25.2 Å². The topological polar surface area (TPSA) is 32.7 Å². The van der Waals surface area contributed by atoms with Gasteiger partial charge in [-0.1, -0.05) is 18.8 Å². The maximum atomic E-state index is 8.68. The molecule has 104 valence electrons. The number of rotatable bonds is 3. The second-order valence-corrected chi connectivity index (χ2v) is 6.03. The Balaban J connectivity index is 1.92. The molecule has 0 saturated carbocycles. The van der Waals surface area contributed by atoms with Crippen molar-refractivity contribution in [1.82, 2.24) is 4.90 Å². The van der Waals surface area contributed by atoms with Gasteiger partial charge in [-0.3, -0.25) is 4.90 Å². The molecule has 19 heavy (non-hydrogen) atoms. The predicted molar refractivity (Wildman–Crippen MR) is 78.1 cm³/mol. The van der Waals surface area contributed by atoms with Gasteiger partial charge in [-0.15, -0.1) is 11.3 Å². The van der Waals surface area contributed by atoms with Gasteiger partial charge in [0.25, 0.3) is 0 Å². The Morgan fingerprint density at radius 2 is 2.42 bits per heavy atom. The summed E-state index contributed by atoms with van der Waals surface area (Å²) in [7, 11) is 1.80. The molecule has 0 amide bonds. The minimum atomic E-state index is -0.0787. The van der Waals surface area contributed by atoms with Crippen molar-refractivity contribution in [3.8, 4) is 11.8 Å². The molecular weight excluding hydrogens is 258 g/mol. The van der Waals surface area contributed by atoms with Gasteiger partial charge in [0.15, 0.2) is 0 Å². The fourth-order valence-electron chi connectivity index (χ4n) is 2.44. The lowest BCUT2D eigenvalue weighted by atomic mass is 9.96. The van der Waals surface area contributed by atoms with Gasteiger partial charge in [-0.05, 0) is 24.9 Å². The molecule has 2 rings (SSSR count). The van der Waals surface area contributed by atoms with E-state index in [0.29, 0.717) is 12.0 Å². The van der Waals surface area contributed by atoms with Crippen LogP contribution < -0.4 is 0 Å².